The molecule has 1 N–H and O–H groups in total. The zero-order chi connectivity index (χ0) is 20.7. The Hall–Kier alpha value is -2.07. The van der Waals surface area contributed by atoms with Gasteiger partial charge in [0.05, 0.1) is 0 Å². The van der Waals surface area contributed by atoms with E-state index in [1.54, 1.807) is 0 Å². The monoisotopic (exact) mass is 495 g/mol. The van der Waals surface area contributed by atoms with Crippen LogP contribution in [-0.2, 0) is 24.1 Å². The molecule has 0 aliphatic heterocycles. The Kier molecular flexibility index (Phi) is 11.2. The Bertz CT molecular complexity index is 696. The Morgan fingerprint density at radius 1 is 0.621 bits per heavy atom. The number of carboxylic acid groups (broad SMARTS) is 1. The fraction of sp³-hybridized carbons (Fsp3) is 0.269. The summed E-state index contributed by atoms with van der Waals surface area (Å²) in [6.45, 7) is 1.08. The van der Waals surface area contributed by atoms with Gasteiger partial charge >= 0.3 is 160 Å². The van der Waals surface area contributed by atoms with Gasteiger partial charge in [-0.25, -0.2) is 0 Å². The molecule has 151 valence electrons. The first-order valence-corrected chi connectivity index (χ1v) is 16.3. The molecule has 2 nitrogen and oxygen atoms in total. The van der Waals surface area contributed by atoms with Crippen LogP contribution < -0.4 is 0 Å². The molecule has 0 amide bonds. The molecule has 0 atom stereocenters. The first-order valence-electron chi connectivity index (χ1n) is 10.3. The van der Waals surface area contributed by atoms with E-state index < -0.39 is 25.7 Å². The van der Waals surface area contributed by atoms with Gasteiger partial charge in [-0.3, -0.25) is 4.79 Å². The predicted octanol–water partition coefficient (Wildman–Crippen LogP) is 6.30. The summed E-state index contributed by atoms with van der Waals surface area (Å²) in [5, 5.41) is 7.42. The quantitative estimate of drug-likeness (QED) is 0.355. The third-order valence-electron chi connectivity index (χ3n) is 4.83. The summed E-state index contributed by atoms with van der Waals surface area (Å²) < 4.78 is 4.43. The van der Waals surface area contributed by atoms with Crippen molar-refractivity contribution in [2.45, 2.75) is 39.5 Å². The van der Waals surface area contributed by atoms with Crippen LogP contribution in [0.2, 0.25) is 13.3 Å². The van der Waals surface area contributed by atoms with Crippen LogP contribution in [0.4, 0.5) is 0 Å². The number of hydrogen-bond acceptors (Lipinski definition) is 1. The molecule has 0 saturated carbocycles. The average molecular weight is 494 g/mol. The normalized spacial score (nSPS) is 10.3. The number of aryl methyl sites for hydroxylation is 3. The van der Waals surface area contributed by atoms with Gasteiger partial charge in [0.15, 0.2) is 0 Å². The van der Waals surface area contributed by atoms with Gasteiger partial charge in [0.1, 0.15) is 0 Å². The molecule has 0 saturated heterocycles. The number of carboxylic acids is 1. The summed E-state index contributed by atoms with van der Waals surface area (Å²) in [4.78, 5) is 9.00. The molecule has 3 rings (SSSR count). The van der Waals surface area contributed by atoms with E-state index in [9.17, 15) is 0 Å². The van der Waals surface area contributed by atoms with Gasteiger partial charge in [-0.1, -0.05) is 0 Å². The third-order valence-corrected chi connectivity index (χ3v) is 13.0. The Morgan fingerprint density at radius 3 is 1.10 bits per heavy atom. The minimum absolute atomic E-state index is 0.833. The minimum atomic E-state index is -1.38. The topological polar surface area (TPSA) is 37.3 Å². The van der Waals surface area contributed by atoms with Crippen LogP contribution in [0.15, 0.2) is 91.0 Å². The molecule has 0 unspecified atom stereocenters. The molecule has 3 heteroatoms. The van der Waals surface area contributed by atoms with E-state index in [-0.39, 0.29) is 0 Å². The summed E-state index contributed by atoms with van der Waals surface area (Å²) in [6, 6.07) is 33.1. The molecular formula is C26H31O2Sn. The molecule has 0 fully saturated rings. The number of rotatable bonds is 9. The van der Waals surface area contributed by atoms with Crippen molar-refractivity contribution in [3.05, 3.63) is 108 Å². The van der Waals surface area contributed by atoms with Crippen LogP contribution in [0.25, 0.3) is 0 Å². The van der Waals surface area contributed by atoms with Gasteiger partial charge in [-0.05, 0) is 0 Å². The van der Waals surface area contributed by atoms with Crippen molar-refractivity contribution >= 4 is 25.7 Å². The van der Waals surface area contributed by atoms with Crippen molar-refractivity contribution in [3.8, 4) is 0 Å². The van der Waals surface area contributed by atoms with Crippen molar-refractivity contribution in [2.75, 3.05) is 0 Å². The standard InChI is InChI=1S/3C8H9.C2H4O2.Sn/c3*1-2-8-6-4-3-5-7-8;1-2(3)4;/h3*3-7H,1-2H2;1H3,(H,3,4);. The van der Waals surface area contributed by atoms with E-state index in [0.29, 0.717) is 0 Å². The van der Waals surface area contributed by atoms with Gasteiger partial charge in [0.2, 0.25) is 0 Å². The second-order valence-electron chi connectivity index (χ2n) is 7.23. The maximum atomic E-state index is 9.00. The molecule has 3 aromatic rings. The molecule has 3 aromatic carbocycles. The summed E-state index contributed by atoms with van der Waals surface area (Å²) in [7, 11) is 0. The van der Waals surface area contributed by atoms with E-state index in [0.717, 1.165) is 6.92 Å². The van der Waals surface area contributed by atoms with Crippen LogP contribution >= 0.6 is 0 Å². The molecule has 0 spiro atoms. The number of carbonyl (C=O) groups is 1. The van der Waals surface area contributed by atoms with Crippen LogP contribution in [0, 0.1) is 0 Å². The van der Waals surface area contributed by atoms with Gasteiger partial charge < -0.3 is 5.11 Å². The summed E-state index contributed by atoms with van der Waals surface area (Å²) in [5.41, 5.74) is 4.54. The summed E-state index contributed by atoms with van der Waals surface area (Å²) in [6.07, 6.45) is 3.83. The van der Waals surface area contributed by atoms with Crippen LogP contribution in [-0.4, -0.2) is 30.8 Å². The second-order valence-corrected chi connectivity index (χ2v) is 15.8. The molecule has 0 aliphatic carbocycles. The summed E-state index contributed by atoms with van der Waals surface area (Å²) in [5.74, 6) is -0.833. The fourth-order valence-electron chi connectivity index (χ4n) is 3.27. The Labute approximate surface area is 182 Å². The fourth-order valence-corrected chi connectivity index (χ4v) is 10.9. The van der Waals surface area contributed by atoms with Gasteiger partial charge in [-0.15, -0.1) is 0 Å². The van der Waals surface area contributed by atoms with Crippen LogP contribution in [0.5, 0.6) is 0 Å². The van der Waals surface area contributed by atoms with Crippen molar-refractivity contribution < 1.29 is 9.90 Å². The molecule has 0 aromatic heterocycles. The van der Waals surface area contributed by atoms with E-state index in [1.165, 1.54) is 49.3 Å². The SMILES string of the molecule is CC(=O)O.c1ccc(C[CH2][Sn]([CH2]Cc2ccccc2)[CH2]Cc2ccccc2)cc1. The van der Waals surface area contributed by atoms with Crippen molar-refractivity contribution in [3.63, 3.8) is 0 Å². The van der Waals surface area contributed by atoms with E-state index >= 15 is 0 Å². The first-order chi connectivity index (χ1) is 14.1. The molecule has 0 aliphatic rings. The molecular weight excluding hydrogens is 463 g/mol. The number of hydrogen-bond donors (Lipinski definition) is 1. The second kappa shape index (κ2) is 14.0. The van der Waals surface area contributed by atoms with E-state index in [2.05, 4.69) is 91.0 Å². The van der Waals surface area contributed by atoms with Crippen molar-refractivity contribution in [2.24, 2.45) is 0 Å². The number of aliphatic carboxylic acids is 1. The van der Waals surface area contributed by atoms with Gasteiger partial charge in [0, 0.05) is 6.92 Å². The van der Waals surface area contributed by atoms with Crippen molar-refractivity contribution in [1.82, 2.24) is 0 Å². The van der Waals surface area contributed by atoms with Crippen LogP contribution in [0.1, 0.15) is 23.6 Å². The summed E-state index contributed by atoms with van der Waals surface area (Å²) >= 11 is -1.38. The predicted molar refractivity (Wildman–Crippen MR) is 124 cm³/mol. The zero-order valence-electron chi connectivity index (χ0n) is 17.3. The molecule has 0 heterocycles. The maximum absolute atomic E-state index is 9.00. The van der Waals surface area contributed by atoms with E-state index in [4.69, 9.17) is 9.90 Å². The Balaban J connectivity index is 0.000000687. The Morgan fingerprint density at radius 2 is 0.862 bits per heavy atom. The number of benzene rings is 3. The van der Waals surface area contributed by atoms with E-state index in [1.807, 2.05) is 0 Å². The van der Waals surface area contributed by atoms with Gasteiger partial charge in [-0.2, -0.15) is 0 Å². The first kappa shape index (κ1) is 23.2. The zero-order valence-corrected chi connectivity index (χ0v) is 20.1. The average Bonchev–Trinajstić information content (AvgIpc) is 2.75. The van der Waals surface area contributed by atoms with Crippen molar-refractivity contribution in [1.29, 1.82) is 0 Å². The van der Waals surface area contributed by atoms with Crippen LogP contribution in [0.3, 0.4) is 0 Å². The molecule has 1 radical (unpaired) electrons. The van der Waals surface area contributed by atoms with Gasteiger partial charge in [0.25, 0.3) is 5.97 Å². The third kappa shape index (κ3) is 10.9. The molecule has 29 heavy (non-hydrogen) atoms. The molecule has 0 bridgehead atoms.